The lowest BCUT2D eigenvalue weighted by molar-refractivity contribution is 0.148. The van der Waals surface area contributed by atoms with E-state index >= 15 is 0 Å². The van der Waals surface area contributed by atoms with Gasteiger partial charge in [-0.15, -0.1) is 0 Å². The number of rotatable bonds is 6. The van der Waals surface area contributed by atoms with E-state index in [4.69, 9.17) is 4.74 Å². The monoisotopic (exact) mass is 283 g/mol. The Labute approximate surface area is 119 Å². The first kappa shape index (κ1) is 15.4. The van der Waals surface area contributed by atoms with Crippen LogP contribution in [0.25, 0.3) is 0 Å². The smallest absolute Gasteiger partial charge is 0.159 e. The van der Waals surface area contributed by atoms with Crippen molar-refractivity contribution in [2.75, 3.05) is 26.3 Å². The Morgan fingerprint density at radius 3 is 2.70 bits per heavy atom. The van der Waals surface area contributed by atoms with Crippen LogP contribution in [0.5, 0.6) is 0 Å². The molecule has 1 heterocycles. The van der Waals surface area contributed by atoms with Gasteiger partial charge in [-0.05, 0) is 43.0 Å². The third kappa shape index (κ3) is 4.00. The van der Waals surface area contributed by atoms with Gasteiger partial charge in [-0.3, -0.25) is 0 Å². The zero-order valence-corrected chi connectivity index (χ0v) is 12.2. The summed E-state index contributed by atoms with van der Waals surface area (Å²) in [5.74, 6) is -0.965. The molecule has 1 saturated heterocycles. The van der Waals surface area contributed by atoms with Crippen molar-refractivity contribution in [1.82, 2.24) is 5.32 Å². The summed E-state index contributed by atoms with van der Waals surface area (Å²) >= 11 is 0. The molecule has 0 saturated carbocycles. The molecule has 0 radical (unpaired) electrons. The molecule has 1 atom stereocenters. The first-order valence-electron chi connectivity index (χ1n) is 7.23. The Bertz CT molecular complexity index is 442. The van der Waals surface area contributed by atoms with Crippen LogP contribution in [0.3, 0.4) is 0 Å². The Morgan fingerprint density at radius 2 is 2.10 bits per heavy atom. The summed E-state index contributed by atoms with van der Waals surface area (Å²) in [6.07, 6.45) is 1.67. The Balaban J connectivity index is 2.02. The van der Waals surface area contributed by atoms with E-state index in [1.807, 2.05) is 0 Å². The van der Waals surface area contributed by atoms with Crippen LogP contribution in [0.1, 0.15) is 25.8 Å². The number of ether oxygens (including phenoxy) is 1. The van der Waals surface area contributed by atoms with Gasteiger partial charge in [-0.25, -0.2) is 8.78 Å². The highest BCUT2D eigenvalue weighted by Crippen LogP contribution is 2.32. The molecule has 1 N–H and O–H groups in total. The van der Waals surface area contributed by atoms with Gasteiger partial charge in [-0.2, -0.15) is 0 Å². The molecule has 0 amide bonds. The van der Waals surface area contributed by atoms with Gasteiger partial charge in [0.1, 0.15) is 0 Å². The zero-order chi connectivity index (χ0) is 14.6. The summed E-state index contributed by atoms with van der Waals surface area (Å²) in [7, 11) is 0. The van der Waals surface area contributed by atoms with Gasteiger partial charge in [-0.1, -0.05) is 19.9 Å². The predicted octanol–water partition coefficient (Wildman–Crippen LogP) is 3.16. The zero-order valence-electron chi connectivity index (χ0n) is 12.2. The molecule has 2 nitrogen and oxygen atoms in total. The molecule has 1 aromatic rings. The van der Waals surface area contributed by atoms with Crippen LogP contribution in [0, 0.1) is 23.0 Å². The fourth-order valence-corrected chi connectivity index (χ4v) is 2.70. The van der Waals surface area contributed by atoms with E-state index in [1.165, 1.54) is 12.1 Å². The number of hydrogen-bond acceptors (Lipinski definition) is 2. The molecule has 1 aliphatic heterocycles. The Kier molecular flexibility index (Phi) is 5.11. The first-order valence-corrected chi connectivity index (χ1v) is 7.23. The Morgan fingerprint density at radius 1 is 1.30 bits per heavy atom. The molecule has 1 unspecified atom stereocenters. The second kappa shape index (κ2) is 6.64. The molecule has 1 aliphatic rings. The van der Waals surface area contributed by atoms with Gasteiger partial charge in [0.25, 0.3) is 0 Å². The van der Waals surface area contributed by atoms with E-state index in [0.29, 0.717) is 12.5 Å². The molecule has 0 aromatic heterocycles. The normalized spacial score (nSPS) is 22.6. The van der Waals surface area contributed by atoms with E-state index in [0.717, 1.165) is 38.1 Å². The lowest BCUT2D eigenvalue weighted by Crippen LogP contribution is -2.38. The van der Waals surface area contributed by atoms with Gasteiger partial charge in [0.15, 0.2) is 11.6 Å². The highest BCUT2D eigenvalue weighted by atomic mass is 19.2. The summed E-state index contributed by atoms with van der Waals surface area (Å²) in [4.78, 5) is 0. The molecule has 20 heavy (non-hydrogen) atoms. The third-order valence-corrected chi connectivity index (χ3v) is 3.80. The van der Waals surface area contributed by atoms with E-state index in [2.05, 4.69) is 19.2 Å². The highest BCUT2D eigenvalue weighted by molar-refractivity contribution is 5.20. The molecule has 2 rings (SSSR count). The standard InChI is InChI=1S/C16H23F2NO/c1-12(2)9-19-10-16(5-6-20-11-16)8-13-3-4-14(17)15(18)7-13/h3-4,7,12,19H,5-6,8-11H2,1-2H3. The average molecular weight is 283 g/mol. The van der Waals surface area contributed by atoms with E-state index < -0.39 is 11.6 Å². The van der Waals surface area contributed by atoms with Crippen molar-refractivity contribution in [3.63, 3.8) is 0 Å². The lowest BCUT2D eigenvalue weighted by Gasteiger charge is -2.28. The Hall–Kier alpha value is -1.00. The molecule has 0 spiro atoms. The van der Waals surface area contributed by atoms with Gasteiger partial charge in [0, 0.05) is 18.6 Å². The topological polar surface area (TPSA) is 21.3 Å². The molecule has 0 aliphatic carbocycles. The van der Waals surface area contributed by atoms with Crippen LogP contribution in [0.2, 0.25) is 0 Å². The number of hydrogen-bond donors (Lipinski definition) is 1. The van der Waals surface area contributed by atoms with Gasteiger partial charge in [0.2, 0.25) is 0 Å². The van der Waals surface area contributed by atoms with Crippen molar-refractivity contribution in [3.05, 3.63) is 35.4 Å². The van der Waals surface area contributed by atoms with Gasteiger partial charge < -0.3 is 10.1 Å². The number of benzene rings is 1. The van der Waals surface area contributed by atoms with E-state index in [1.54, 1.807) is 6.07 Å². The molecule has 112 valence electrons. The maximum Gasteiger partial charge on any atom is 0.159 e. The minimum Gasteiger partial charge on any atom is -0.381 e. The van der Waals surface area contributed by atoms with Crippen LogP contribution in [0.15, 0.2) is 18.2 Å². The number of nitrogens with one attached hydrogen (secondary N) is 1. The molecule has 0 bridgehead atoms. The van der Waals surface area contributed by atoms with Gasteiger partial charge >= 0.3 is 0 Å². The summed E-state index contributed by atoms with van der Waals surface area (Å²) in [5.41, 5.74) is 0.833. The molecule has 1 fully saturated rings. The molecular weight excluding hydrogens is 260 g/mol. The van der Waals surface area contributed by atoms with Crippen molar-refractivity contribution in [3.8, 4) is 0 Å². The summed E-state index contributed by atoms with van der Waals surface area (Å²) in [5, 5.41) is 3.47. The highest BCUT2D eigenvalue weighted by Gasteiger charge is 2.34. The third-order valence-electron chi connectivity index (χ3n) is 3.80. The largest absolute Gasteiger partial charge is 0.381 e. The summed E-state index contributed by atoms with van der Waals surface area (Å²) in [6, 6.07) is 4.18. The second-order valence-corrected chi connectivity index (χ2v) is 6.25. The minimum atomic E-state index is -0.789. The van der Waals surface area contributed by atoms with Crippen molar-refractivity contribution in [2.24, 2.45) is 11.3 Å². The first-order chi connectivity index (χ1) is 9.51. The molecule has 1 aromatic carbocycles. The maximum absolute atomic E-state index is 13.3. The fourth-order valence-electron chi connectivity index (χ4n) is 2.70. The van der Waals surface area contributed by atoms with Crippen molar-refractivity contribution >= 4 is 0 Å². The SMILES string of the molecule is CC(C)CNCC1(Cc2ccc(F)c(F)c2)CCOC1. The van der Waals surface area contributed by atoms with Crippen molar-refractivity contribution < 1.29 is 13.5 Å². The minimum absolute atomic E-state index is 0.000834. The molecular formula is C16H23F2NO. The van der Waals surface area contributed by atoms with E-state index in [-0.39, 0.29) is 5.41 Å². The van der Waals surface area contributed by atoms with Gasteiger partial charge in [0.05, 0.1) is 6.61 Å². The number of halogens is 2. The van der Waals surface area contributed by atoms with Crippen molar-refractivity contribution in [2.45, 2.75) is 26.7 Å². The summed E-state index contributed by atoms with van der Waals surface area (Å²) in [6.45, 7) is 7.56. The fraction of sp³-hybridized carbons (Fsp3) is 0.625. The van der Waals surface area contributed by atoms with Crippen LogP contribution < -0.4 is 5.32 Å². The molecule has 4 heteroatoms. The van der Waals surface area contributed by atoms with Crippen LogP contribution in [-0.4, -0.2) is 26.3 Å². The second-order valence-electron chi connectivity index (χ2n) is 6.25. The lowest BCUT2D eigenvalue weighted by atomic mass is 9.80. The van der Waals surface area contributed by atoms with Crippen molar-refractivity contribution in [1.29, 1.82) is 0 Å². The van der Waals surface area contributed by atoms with Crippen LogP contribution in [0.4, 0.5) is 8.78 Å². The van der Waals surface area contributed by atoms with Crippen LogP contribution in [-0.2, 0) is 11.2 Å². The average Bonchev–Trinajstić information content (AvgIpc) is 2.82. The summed E-state index contributed by atoms with van der Waals surface area (Å²) < 4.78 is 31.8. The van der Waals surface area contributed by atoms with Crippen LogP contribution >= 0.6 is 0 Å². The predicted molar refractivity (Wildman–Crippen MR) is 75.6 cm³/mol. The quantitative estimate of drug-likeness (QED) is 0.866. The maximum atomic E-state index is 13.3. The van der Waals surface area contributed by atoms with E-state index in [9.17, 15) is 8.78 Å².